The van der Waals surface area contributed by atoms with Gasteiger partial charge in [0.15, 0.2) is 17.3 Å². The average Bonchev–Trinajstić information content (AvgIpc) is 3.09. The molecule has 0 aliphatic carbocycles. The van der Waals surface area contributed by atoms with Gasteiger partial charge in [-0.2, -0.15) is 4.98 Å². The molecule has 9 heteroatoms. The third kappa shape index (κ3) is 3.16. The zero-order valence-electron chi connectivity index (χ0n) is 14.3. The Labute approximate surface area is 149 Å². The van der Waals surface area contributed by atoms with Crippen molar-refractivity contribution in [2.24, 2.45) is 0 Å². The summed E-state index contributed by atoms with van der Waals surface area (Å²) in [7, 11) is 0. The number of hydrogen-bond acceptors (Lipinski definition) is 6. The summed E-state index contributed by atoms with van der Waals surface area (Å²) in [6.45, 7) is 2.91. The Balaban J connectivity index is 1.46. The van der Waals surface area contributed by atoms with Crippen molar-refractivity contribution in [2.45, 2.75) is 25.4 Å². The molecule has 3 heterocycles. The molecular formula is C17H19FN4O4. The normalized spacial score (nSPS) is 22.2. The van der Waals surface area contributed by atoms with Crippen LogP contribution in [-0.4, -0.2) is 47.4 Å². The van der Waals surface area contributed by atoms with E-state index >= 15 is 4.39 Å². The number of amides is 2. The van der Waals surface area contributed by atoms with Crippen LogP contribution in [0.25, 0.3) is 0 Å². The summed E-state index contributed by atoms with van der Waals surface area (Å²) >= 11 is 0. The van der Waals surface area contributed by atoms with Gasteiger partial charge in [0.1, 0.15) is 13.2 Å². The van der Waals surface area contributed by atoms with E-state index in [2.05, 4.69) is 15.5 Å². The highest BCUT2D eigenvalue weighted by Gasteiger charge is 2.43. The van der Waals surface area contributed by atoms with Crippen LogP contribution in [-0.2, 0) is 5.67 Å². The maximum atomic E-state index is 15.2. The van der Waals surface area contributed by atoms with Crippen molar-refractivity contribution >= 4 is 11.7 Å². The standard InChI is InChI=1S/C17H19FN4O4/c1-11-19-15(26-21-11)17(18)5-2-6-22(10-17)16(23)20-12-3-4-13-14(9-12)25-8-7-24-13/h3-4,9H,2,5-8,10H2,1H3,(H,20,23). The molecule has 1 atom stereocenters. The molecule has 1 fully saturated rings. The quantitative estimate of drug-likeness (QED) is 0.883. The average molecular weight is 362 g/mol. The second-order valence-electron chi connectivity index (χ2n) is 6.43. The number of rotatable bonds is 2. The van der Waals surface area contributed by atoms with Gasteiger partial charge in [0.05, 0.1) is 6.54 Å². The predicted octanol–water partition coefficient (Wildman–Crippen LogP) is 2.64. The van der Waals surface area contributed by atoms with E-state index in [0.717, 1.165) is 0 Å². The number of carbonyl (C=O) groups excluding carboxylic acids is 1. The summed E-state index contributed by atoms with van der Waals surface area (Å²) < 4.78 is 31.2. The fourth-order valence-electron chi connectivity index (χ4n) is 3.16. The summed E-state index contributed by atoms with van der Waals surface area (Å²) in [6.07, 6.45) is 0.745. The molecule has 2 aromatic rings. The van der Waals surface area contributed by atoms with Crippen LogP contribution in [0.2, 0.25) is 0 Å². The van der Waals surface area contributed by atoms with Crippen molar-refractivity contribution in [3.05, 3.63) is 29.9 Å². The van der Waals surface area contributed by atoms with Crippen molar-refractivity contribution in [3.8, 4) is 11.5 Å². The number of carbonyl (C=O) groups is 1. The monoisotopic (exact) mass is 362 g/mol. The van der Waals surface area contributed by atoms with Gasteiger partial charge < -0.3 is 24.2 Å². The number of aryl methyl sites for hydroxylation is 1. The highest BCUT2D eigenvalue weighted by atomic mass is 19.1. The zero-order valence-corrected chi connectivity index (χ0v) is 14.3. The van der Waals surface area contributed by atoms with Crippen LogP contribution in [0.3, 0.4) is 0 Å². The van der Waals surface area contributed by atoms with E-state index < -0.39 is 5.67 Å². The third-order valence-electron chi connectivity index (χ3n) is 4.43. The first-order valence-electron chi connectivity index (χ1n) is 8.49. The minimum atomic E-state index is -1.83. The third-order valence-corrected chi connectivity index (χ3v) is 4.43. The Morgan fingerprint density at radius 1 is 1.31 bits per heavy atom. The van der Waals surface area contributed by atoms with Crippen LogP contribution in [0.5, 0.6) is 11.5 Å². The molecule has 0 radical (unpaired) electrons. The predicted molar refractivity (Wildman–Crippen MR) is 89.1 cm³/mol. The molecule has 1 aromatic carbocycles. The molecule has 0 spiro atoms. The van der Waals surface area contributed by atoms with Crippen molar-refractivity contribution in [1.29, 1.82) is 0 Å². The molecule has 2 amide bonds. The number of urea groups is 1. The van der Waals surface area contributed by atoms with Gasteiger partial charge in [-0.15, -0.1) is 0 Å². The molecule has 1 aromatic heterocycles. The molecule has 2 aliphatic heterocycles. The fourth-order valence-corrected chi connectivity index (χ4v) is 3.16. The molecule has 1 N–H and O–H groups in total. The molecule has 0 saturated carbocycles. The number of piperidine rings is 1. The maximum absolute atomic E-state index is 15.2. The Morgan fingerprint density at radius 2 is 2.12 bits per heavy atom. The number of aromatic nitrogens is 2. The van der Waals surface area contributed by atoms with Crippen LogP contribution in [0, 0.1) is 6.92 Å². The molecule has 4 rings (SSSR count). The lowest BCUT2D eigenvalue weighted by molar-refractivity contribution is 0.0333. The summed E-state index contributed by atoms with van der Waals surface area (Å²) in [4.78, 5) is 18.0. The highest BCUT2D eigenvalue weighted by Crippen LogP contribution is 2.35. The zero-order chi connectivity index (χ0) is 18.1. The molecule has 1 saturated heterocycles. The smallest absolute Gasteiger partial charge is 0.321 e. The van der Waals surface area contributed by atoms with Gasteiger partial charge in [0.25, 0.3) is 5.89 Å². The second-order valence-corrected chi connectivity index (χ2v) is 6.43. The summed E-state index contributed by atoms with van der Waals surface area (Å²) in [5.41, 5.74) is -1.27. The highest BCUT2D eigenvalue weighted by molar-refractivity contribution is 5.89. The molecule has 8 nitrogen and oxygen atoms in total. The SMILES string of the molecule is Cc1noc(C2(F)CCCN(C(=O)Nc3ccc4c(c3)OCCO4)C2)n1. The lowest BCUT2D eigenvalue weighted by Crippen LogP contribution is -2.48. The molecule has 1 unspecified atom stereocenters. The van der Waals surface area contributed by atoms with Gasteiger partial charge >= 0.3 is 6.03 Å². The summed E-state index contributed by atoms with van der Waals surface area (Å²) in [5.74, 6) is 1.51. The first kappa shape index (κ1) is 16.6. The summed E-state index contributed by atoms with van der Waals surface area (Å²) in [6, 6.07) is 4.76. The first-order valence-corrected chi connectivity index (χ1v) is 8.49. The minimum Gasteiger partial charge on any atom is -0.486 e. The van der Waals surface area contributed by atoms with Gasteiger partial charge in [-0.05, 0) is 31.9 Å². The van der Waals surface area contributed by atoms with Crippen molar-refractivity contribution < 1.29 is 23.2 Å². The number of ether oxygens (including phenoxy) is 2. The van der Waals surface area contributed by atoms with Crippen LogP contribution < -0.4 is 14.8 Å². The Bertz CT molecular complexity index is 827. The Hall–Kier alpha value is -2.84. The van der Waals surface area contributed by atoms with E-state index in [1.165, 1.54) is 4.90 Å². The number of nitrogens with one attached hydrogen (secondary N) is 1. The van der Waals surface area contributed by atoms with Crippen LogP contribution in [0.1, 0.15) is 24.6 Å². The number of alkyl halides is 1. The summed E-state index contributed by atoms with van der Waals surface area (Å²) in [5, 5.41) is 6.42. The molecule has 2 aliphatic rings. The number of anilines is 1. The lowest BCUT2D eigenvalue weighted by atomic mass is 9.95. The van der Waals surface area contributed by atoms with Crippen LogP contribution in [0.15, 0.2) is 22.7 Å². The van der Waals surface area contributed by atoms with Gasteiger partial charge in [0.2, 0.25) is 5.67 Å². The van der Waals surface area contributed by atoms with Crippen molar-refractivity contribution in [2.75, 3.05) is 31.6 Å². The topological polar surface area (TPSA) is 89.7 Å². The molecule has 0 bridgehead atoms. The minimum absolute atomic E-state index is 0.0770. The number of likely N-dealkylation sites (tertiary alicyclic amines) is 1. The number of nitrogens with zero attached hydrogens (tertiary/aromatic N) is 3. The van der Waals surface area contributed by atoms with E-state index in [1.54, 1.807) is 25.1 Å². The van der Waals surface area contributed by atoms with Crippen molar-refractivity contribution in [3.63, 3.8) is 0 Å². The van der Waals surface area contributed by atoms with Crippen molar-refractivity contribution in [1.82, 2.24) is 15.0 Å². The second kappa shape index (κ2) is 6.47. The van der Waals surface area contributed by atoms with Gasteiger partial charge in [-0.25, -0.2) is 9.18 Å². The fraction of sp³-hybridized carbons (Fsp3) is 0.471. The molecular weight excluding hydrogens is 343 g/mol. The lowest BCUT2D eigenvalue weighted by Gasteiger charge is -2.35. The number of hydrogen-bond donors (Lipinski definition) is 1. The Kier molecular flexibility index (Phi) is 4.14. The molecule has 26 heavy (non-hydrogen) atoms. The van der Waals surface area contributed by atoms with E-state index in [-0.39, 0.29) is 24.9 Å². The van der Waals surface area contributed by atoms with Gasteiger partial charge in [-0.1, -0.05) is 5.16 Å². The van der Waals surface area contributed by atoms with E-state index in [1.807, 2.05) is 0 Å². The van der Waals surface area contributed by atoms with Gasteiger partial charge in [0, 0.05) is 18.3 Å². The molecule has 138 valence electrons. The number of benzene rings is 1. The van der Waals surface area contributed by atoms with Crippen LogP contribution in [0.4, 0.5) is 14.9 Å². The number of fused-ring (bicyclic) bond motifs is 1. The number of halogens is 1. The van der Waals surface area contributed by atoms with E-state index in [0.29, 0.717) is 49.2 Å². The first-order chi connectivity index (χ1) is 12.5. The van der Waals surface area contributed by atoms with E-state index in [4.69, 9.17) is 14.0 Å². The largest absolute Gasteiger partial charge is 0.486 e. The maximum Gasteiger partial charge on any atom is 0.321 e. The van der Waals surface area contributed by atoms with Crippen LogP contribution >= 0.6 is 0 Å². The van der Waals surface area contributed by atoms with Gasteiger partial charge in [-0.3, -0.25) is 0 Å². The van der Waals surface area contributed by atoms with E-state index in [9.17, 15) is 4.79 Å². The Morgan fingerprint density at radius 3 is 2.88 bits per heavy atom.